The van der Waals surface area contributed by atoms with Crippen LogP contribution in [0.15, 0.2) is 0 Å². The molecule has 1 saturated carbocycles. The lowest BCUT2D eigenvalue weighted by Gasteiger charge is -2.22. The van der Waals surface area contributed by atoms with E-state index >= 15 is 0 Å². The van der Waals surface area contributed by atoms with Gasteiger partial charge in [0.25, 0.3) is 5.91 Å². The Bertz CT molecular complexity index is 724. The van der Waals surface area contributed by atoms with E-state index < -0.39 is 17.4 Å². The minimum atomic E-state index is -0.799. The van der Waals surface area contributed by atoms with E-state index in [1.165, 1.54) is 5.56 Å². The van der Waals surface area contributed by atoms with Gasteiger partial charge in [0.1, 0.15) is 5.54 Å². The van der Waals surface area contributed by atoms with Crippen LogP contribution in [0.25, 0.3) is 0 Å². The van der Waals surface area contributed by atoms with Crippen LogP contribution in [-0.4, -0.2) is 24.0 Å². The van der Waals surface area contributed by atoms with Crippen molar-refractivity contribution in [2.45, 2.75) is 65.8 Å². The van der Waals surface area contributed by atoms with Gasteiger partial charge < -0.3 is 10.1 Å². The smallest absolute Gasteiger partial charge is 0.339 e. The Kier molecular flexibility index (Phi) is 5.52. The van der Waals surface area contributed by atoms with E-state index in [4.69, 9.17) is 4.74 Å². The van der Waals surface area contributed by atoms with Crippen LogP contribution in [0.2, 0.25) is 0 Å². The Morgan fingerprint density at radius 1 is 1.00 bits per heavy atom. The van der Waals surface area contributed by atoms with Crippen molar-refractivity contribution in [1.29, 1.82) is 5.26 Å². The molecule has 1 aliphatic carbocycles. The molecule has 0 bridgehead atoms. The average Bonchev–Trinajstić information content (AvgIpc) is 3.05. The molecule has 134 valence electrons. The van der Waals surface area contributed by atoms with Gasteiger partial charge in [-0.25, -0.2) is 4.79 Å². The van der Waals surface area contributed by atoms with Gasteiger partial charge >= 0.3 is 5.97 Å². The molecule has 1 aromatic carbocycles. The number of benzene rings is 1. The largest absolute Gasteiger partial charge is 0.452 e. The molecule has 0 aromatic heterocycles. The maximum atomic E-state index is 12.5. The molecule has 0 radical (unpaired) electrons. The molecule has 1 aliphatic rings. The second kappa shape index (κ2) is 7.26. The second-order valence-electron chi connectivity index (χ2n) is 7.03. The standard InChI is InChI=1S/C20H26N2O3/c1-12-13(2)15(4)18(16(5)14(12)3)19(24)25-10-17(23)22-20(11-21)8-6-7-9-20/h6-10H2,1-5H3,(H,22,23). The van der Waals surface area contributed by atoms with Crippen molar-refractivity contribution in [3.63, 3.8) is 0 Å². The van der Waals surface area contributed by atoms with E-state index in [2.05, 4.69) is 11.4 Å². The van der Waals surface area contributed by atoms with Crippen molar-refractivity contribution >= 4 is 11.9 Å². The molecule has 2 rings (SSSR count). The van der Waals surface area contributed by atoms with Crippen LogP contribution in [0, 0.1) is 45.9 Å². The van der Waals surface area contributed by atoms with Crippen molar-refractivity contribution in [2.24, 2.45) is 0 Å². The molecule has 0 heterocycles. The van der Waals surface area contributed by atoms with Crippen LogP contribution in [0.3, 0.4) is 0 Å². The highest BCUT2D eigenvalue weighted by Crippen LogP contribution is 2.29. The molecular formula is C20H26N2O3. The van der Waals surface area contributed by atoms with Gasteiger partial charge in [-0.3, -0.25) is 4.79 Å². The van der Waals surface area contributed by atoms with Crippen molar-refractivity contribution in [1.82, 2.24) is 5.32 Å². The van der Waals surface area contributed by atoms with Gasteiger partial charge in [-0.2, -0.15) is 5.26 Å². The first-order chi connectivity index (χ1) is 11.7. The predicted octanol–water partition coefficient (Wildman–Crippen LogP) is 3.34. The molecule has 1 N–H and O–H groups in total. The van der Waals surface area contributed by atoms with Gasteiger partial charge in [-0.15, -0.1) is 0 Å². The third-order valence-electron chi connectivity index (χ3n) is 5.59. The van der Waals surface area contributed by atoms with Crippen molar-refractivity contribution in [3.8, 4) is 6.07 Å². The summed E-state index contributed by atoms with van der Waals surface area (Å²) in [6.07, 6.45) is 3.15. The summed E-state index contributed by atoms with van der Waals surface area (Å²) < 4.78 is 5.24. The monoisotopic (exact) mass is 342 g/mol. The summed E-state index contributed by atoms with van der Waals surface area (Å²) >= 11 is 0. The van der Waals surface area contributed by atoms with Crippen LogP contribution in [-0.2, 0) is 9.53 Å². The molecule has 1 fully saturated rings. The average molecular weight is 342 g/mol. The van der Waals surface area contributed by atoms with Crippen molar-refractivity contribution < 1.29 is 14.3 Å². The zero-order valence-electron chi connectivity index (χ0n) is 15.7. The summed E-state index contributed by atoms with van der Waals surface area (Å²) in [7, 11) is 0. The van der Waals surface area contributed by atoms with Gasteiger partial charge in [0.05, 0.1) is 11.6 Å². The molecule has 5 heteroatoms. The van der Waals surface area contributed by atoms with Crippen LogP contribution in [0.4, 0.5) is 0 Å². The number of hydrogen-bond acceptors (Lipinski definition) is 4. The quantitative estimate of drug-likeness (QED) is 0.851. The van der Waals surface area contributed by atoms with E-state index in [0.29, 0.717) is 18.4 Å². The Labute approximate surface area is 149 Å². The first kappa shape index (κ1) is 19.0. The SMILES string of the molecule is Cc1c(C)c(C)c(C(=O)OCC(=O)NC2(C#N)CCCC2)c(C)c1C. The maximum Gasteiger partial charge on any atom is 0.339 e. The lowest BCUT2D eigenvalue weighted by Crippen LogP contribution is -2.46. The first-order valence-corrected chi connectivity index (χ1v) is 8.69. The van der Waals surface area contributed by atoms with E-state index in [9.17, 15) is 14.9 Å². The highest BCUT2D eigenvalue weighted by atomic mass is 16.5. The molecule has 0 spiro atoms. The van der Waals surface area contributed by atoms with Gasteiger partial charge in [0.2, 0.25) is 0 Å². The molecule has 0 unspecified atom stereocenters. The third kappa shape index (κ3) is 3.68. The number of carbonyl (C=O) groups excluding carboxylic acids is 2. The summed E-state index contributed by atoms with van der Waals surface area (Å²) in [6, 6.07) is 2.19. The number of nitrogens with zero attached hydrogens (tertiary/aromatic N) is 1. The Morgan fingerprint density at radius 2 is 1.48 bits per heavy atom. The zero-order valence-corrected chi connectivity index (χ0v) is 15.7. The molecule has 25 heavy (non-hydrogen) atoms. The minimum Gasteiger partial charge on any atom is -0.452 e. The molecule has 1 amide bonds. The fourth-order valence-corrected chi connectivity index (χ4v) is 3.56. The molecule has 0 atom stereocenters. The highest BCUT2D eigenvalue weighted by Gasteiger charge is 2.35. The molecule has 5 nitrogen and oxygen atoms in total. The lowest BCUT2D eigenvalue weighted by molar-refractivity contribution is -0.125. The number of rotatable bonds is 4. The summed E-state index contributed by atoms with van der Waals surface area (Å²) in [5.74, 6) is -0.915. The Balaban J connectivity index is 2.09. The van der Waals surface area contributed by atoms with Gasteiger partial charge in [-0.05, 0) is 88.1 Å². The Hall–Kier alpha value is -2.35. The maximum absolute atomic E-state index is 12.5. The van der Waals surface area contributed by atoms with Crippen LogP contribution < -0.4 is 5.32 Å². The number of amides is 1. The predicted molar refractivity (Wildman–Crippen MR) is 95.4 cm³/mol. The summed E-state index contributed by atoms with van der Waals surface area (Å²) in [5.41, 5.74) is 4.80. The van der Waals surface area contributed by atoms with E-state index in [-0.39, 0.29) is 6.61 Å². The molecule has 0 saturated heterocycles. The summed E-state index contributed by atoms with van der Waals surface area (Å²) in [4.78, 5) is 24.6. The van der Waals surface area contributed by atoms with Crippen molar-refractivity contribution in [3.05, 3.63) is 33.4 Å². The summed E-state index contributed by atoms with van der Waals surface area (Å²) in [5, 5.41) is 12.0. The Morgan fingerprint density at radius 3 is 1.96 bits per heavy atom. The van der Waals surface area contributed by atoms with Gasteiger partial charge in [-0.1, -0.05) is 0 Å². The van der Waals surface area contributed by atoms with E-state index in [1.807, 2.05) is 34.6 Å². The zero-order chi connectivity index (χ0) is 18.8. The van der Waals surface area contributed by atoms with Crippen LogP contribution in [0.1, 0.15) is 63.9 Å². The topological polar surface area (TPSA) is 79.2 Å². The van der Waals surface area contributed by atoms with Gasteiger partial charge in [0, 0.05) is 0 Å². The lowest BCUT2D eigenvalue weighted by atomic mass is 9.90. The number of carbonyl (C=O) groups is 2. The molecular weight excluding hydrogens is 316 g/mol. The number of nitrogens with one attached hydrogen (secondary N) is 1. The van der Waals surface area contributed by atoms with E-state index in [0.717, 1.165) is 35.1 Å². The van der Waals surface area contributed by atoms with Gasteiger partial charge in [0.15, 0.2) is 6.61 Å². The fraction of sp³-hybridized carbons (Fsp3) is 0.550. The third-order valence-corrected chi connectivity index (χ3v) is 5.59. The first-order valence-electron chi connectivity index (χ1n) is 8.69. The fourth-order valence-electron chi connectivity index (χ4n) is 3.56. The molecule has 1 aromatic rings. The number of nitriles is 1. The number of esters is 1. The second-order valence-corrected chi connectivity index (χ2v) is 7.03. The number of ether oxygens (including phenoxy) is 1. The van der Waals surface area contributed by atoms with E-state index in [1.54, 1.807) is 0 Å². The summed E-state index contributed by atoms with van der Waals surface area (Å²) in [6.45, 7) is 9.43. The highest BCUT2D eigenvalue weighted by molar-refractivity contribution is 5.95. The van der Waals surface area contributed by atoms with Crippen LogP contribution in [0.5, 0.6) is 0 Å². The number of hydrogen-bond donors (Lipinski definition) is 1. The molecule has 0 aliphatic heterocycles. The van der Waals surface area contributed by atoms with Crippen molar-refractivity contribution in [2.75, 3.05) is 6.61 Å². The minimum absolute atomic E-state index is 0.368. The normalized spacial score (nSPS) is 15.5. The van der Waals surface area contributed by atoms with Crippen LogP contribution >= 0.6 is 0 Å².